The number of nitrogens with zero attached hydrogens (tertiary/aromatic N) is 4. The monoisotopic (exact) mass is 416 g/mol. The molecule has 0 bridgehead atoms. The fraction of sp³-hybridized carbons (Fsp3) is 0.421. The predicted octanol–water partition coefficient (Wildman–Crippen LogP) is 2.58. The summed E-state index contributed by atoms with van der Waals surface area (Å²) in [5.74, 6) is 1.80. The van der Waals surface area contributed by atoms with Gasteiger partial charge in [0.15, 0.2) is 0 Å². The first-order chi connectivity index (χ1) is 12.6. The Hall–Kier alpha value is -1.99. The SMILES string of the molecule is Cc1nc2c(c(N3CCOCC3)n1)CN(C(=O)c1ccc(Br)cc1)CC2. The zero-order valence-corrected chi connectivity index (χ0v) is 16.3. The summed E-state index contributed by atoms with van der Waals surface area (Å²) >= 11 is 3.42. The molecule has 2 aliphatic rings. The summed E-state index contributed by atoms with van der Waals surface area (Å²) in [6.07, 6.45) is 0.762. The van der Waals surface area contributed by atoms with E-state index in [-0.39, 0.29) is 5.91 Å². The molecule has 1 amide bonds. The van der Waals surface area contributed by atoms with E-state index in [9.17, 15) is 4.79 Å². The van der Waals surface area contributed by atoms with Gasteiger partial charge in [0.2, 0.25) is 0 Å². The lowest BCUT2D eigenvalue weighted by Gasteiger charge is -2.34. The van der Waals surface area contributed by atoms with Gasteiger partial charge in [0.1, 0.15) is 11.6 Å². The highest BCUT2D eigenvalue weighted by molar-refractivity contribution is 9.10. The van der Waals surface area contributed by atoms with E-state index in [0.29, 0.717) is 31.9 Å². The van der Waals surface area contributed by atoms with Crippen molar-refractivity contribution in [3.63, 3.8) is 0 Å². The highest BCUT2D eigenvalue weighted by Crippen LogP contribution is 2.28. The Bertz CT molecular complexity index is 819. The number of hydrogen-bond donors (Lipinski definition) is 0. The Balaban J connectivity index is 1.62. The number of aryl methyl sites for hydroxylation is 1. The van der Waals surface area contributed by atoms with Crippen LogP contribution in [0.1, 0.15) is 27.4 Å². The smallest absolute Gasteiger partial charge is 0.254 e. The molecule has 0 saturated carbocycles. The van der Waals surface area contributed by atoms with Crippen molar-refractivity contribution in [1.29, 1.82) is 0 Å². The minimum Gasteiger partial charge on any atom is -0.378 e. The van der Waals surface area contributed by atoms with E-state index in [1.807, 2.05) is 36.1 Å². The van der Waals surface area contributed by atoms with Crippen molar-refractivity contribution in [2.75, 3.05) is 37.7 Å². The topological polar surface area (TPSA) is 58.6 Å². The molecule has 2 aliphatic heterocycles. The maximum Gasteiger partial charge on any atom is 0.254 e. The second kappa shape index (κ2) is 7.32. The number of fused-ring (bicyclic) bond motifs is 1. The molecule has 4 rings (SSSR count). The van der Waals surface area contributed by atoms with Crippen LogP contribution in [-0.4, -0.2) is 53.6 Å². The predicted molar refractivity (Wildman–Crippen MR) is 102 cm³/mol. The van der Waals surface area contributed by atoms with Crippen LogP contribution < -0.4 is 4.90 Å². The van der Waals surface area contributed by atoms with Gasteiger partial charge in [-0.1, -0.05) is 15.9 Å². The second-order valence-corrected chi connectivity index (χ2v) is 7.52. The maximum atomic E-state index is 12.9. The molecule has 136 valence electrons. The average Bonchev–Trinajstić information content (AvgIpc) is 2.68. The third kappa shape index (κ3) is 3.46. The average molecular weight is 417 g/mol. The molecule has 0 N–H and O–H groups in total. The van der Waals surface area contributed by atoms with Gasteiger partial charge >= 0.3 is 0 Å². The van der Waals surface area contributed by atoms with Crippen LogP contribution in [0.4, 0.5) is 5.82 Å². The molecule has 0 aliphatic carbocycles. The lowest BCUT2D eigenvalue weighted by atomic mass is 10.0. The number of carbonyl (C=O) groups excluding carboxylic acids is 1. The number of rotatable bonds is 2. The molecule has 6 nitrogen and oxygen atoms in total. The molecule has 7 heteroatoms. The molecule has 1 saturated heterocycles. The van der Waals surface area contributed by atoms with Crippen molar-refractivity contribution in [2.45, 2.75) is 19.9 Å². The minimum absolute atomic E-state index is 0.0525. The zero-order chi connectivity index (χ0) is 18.1. The van der Waals surface area contributed by atoms with Gasteiger partial charge in [0.25, 0.3) is 5.91 Å². The van der Waals surface area contributed by atoms with E-state index in [1.165, 1.54) is 0 Å². The molecule has 3 heterocycles. The third-order valence-electron chi connectivity index (χ3n) is 4.84. The lowest BCUT2D eigenvalue weighted by Crippen LogP contribution is -2.41. The standard InChI is InChI=1S/C19H21BrN4O2/c1-13-21-17-6-7-24(19(25)14-2-4-15(20)5-3-14)12-16(17)18(22-13)23-8-10-26-11-9-23/h2-5H,6-12H2,1H3. The third-order valence-corrected chi connectivity index (χ3v) is 5.37. The van der Waals surface area contributed by atoms with Crippen LogP contribution in [0.25, 0.3) is 0 Å². The first kappa shape index (κ1) is 17.4. The molecule has 1 aromatic heterocycles. The number of ether oxygens (including phenoxy) is 1. The summed E-state index contributed by atoms with van der Waals surface area (Å²) < 4.78 is 6.44. The van der Waals surface area contributed by atoms with Crippen LogP contribution in [0.15, 0.2) is 28.7 Å². The Labute approximate surface area is 161 Å². The Morgan fingerprint density at radius 3 is 2.58 bits per heavy atom. The van der Waals surface area contributed by atoms with Crippen LogP contribution >= 0.6 is 15.9 Å². The van der Waals surface area contributed by atoms with Crippen molar-refractivity contribution < 1.29 is 9.53 Å². The fourth-order valence-corrected chi connectivity index (χ4v) is 3.77. The quantitative estimate of drug-likeness (QED) is 0.752. The van der Waals surface area contributed by atoms with Crippen molar-refractivity contribution in [2.24, 2.45) is 0 Å². The van der Waals surface area contributed by atoms with Gasteiger partial charge < -0.3 is 14.5 Å². The van der Waals surface area contributed by atoms with Crippen LogP contribution in [0, 0.1) is 6.92 Å². The number of halogens is 1. The highest BCUT2D eigenvalue weighted by Gasteiger charge is 2.28. The second-order valence-electron chi connectivity index (χ2n) is 6.60. The lowest BCUT2D eigenvalue weighted by molar-refractivity contribution is 0.0733. The molecule has 1 aromatic carbocycles. The summed E-state index contributed by atoms with van der Waals surface area (Å²) in [5.41, 5.74) is 2.85. The van der Waals surface area contributed by atoms with E-state index < -0.39 is 0 Å². The normalized spacial score (nSPS) is 17.2. The largest absolute Gasteiger partial charge is 0.378 e. The van der Waals surface area contributed by atoms with Crippen molar-refractivity contribution >= 4 is 27.7 Å². The summed E-state index contributed by atoms with van der Waals surface area (Å²) in [6, 6.07) is 7.51. The molecule has 0 spiro atoms. The summed E-state index contributed by atoms with van der Waals surface area (Å²) in [5, 5.41) is 0. The van der Waals surface area contributed by atoms with Crippen LogP contribution in [-0.2, 0) is 17.7 Å². The molecule has 0 atom stereocenters. The molecule has 1 fully saturated rings. The Morgan fingerprint density at radius 2 is 1.85 bits per heavy atom. The number of benzene rings is 1. The van der Waals surface area contributed by atoms with Crippen LogP contribution in [0.3, 0.4) is 0 Å². The Morgan fingerprint density at radius 1 is 1.12 bits per heavy atom. The number of anilines is 1. The van der Waals surface area contributed by atoms with Crippen molar-refractivity contribution in [1.82, 2.24) is 14.9 Å². The van der Waals surface area contributed by atoms with E-state index in [1.54, 1.807) is 0 Å². The summed E-state index contributed by atoms with van der Waals surface area (Å²) in [6.45, 7) is 6.23. The Kier molecular flexibility index (Phi) is 4.91. The number of hydrogen-bond acceptors (Lipinski definition) is 5. The molecule has 0 unspecified atom stereocenters. The van der Waals surface area contributed by atoms with Crippen molar-refractivity contribution in [3.8, 4) is 0 Å². The van der Waals surface area contributed by atoms with E-state index in [4.69, 9.17) is 9.72 Å². The van der Waals surface area contributed by atoms with Gasteiger partial charge in [0, 0.05) is 41.7 Å². The zero-order valence-electron chi connectivity index (χ0n) is 14.7. The van der Waals surface area contributed by atoms with E-state index in [2.05, 4.69) is 25.8 Å². The number of aromatic nitrogens is 2. The van der Waals surface area contributed by atoms with Crippen LogP contribution in [0.5, 0.6) is 0 Å². The first-order valence-corrected chi connectivity index (χ1v) is 9.65. The summed E-state index contributed by atoms with van der Waals surface area (Å²) in [4.78, 5) is 26.4. The highest BCUT2D eigenvalue weighted by atomic mass is 79.9. The molecular formula is C19H21BrN4O2. The van der Waals surface area contributed by atoms with Gasteiger partial charge in [-0.15, -0.1) is 0 Å². The van der Waals surface area contributed by atoms with Crippen LogP contribution in [0.2, 0.25) is 0 Å². The minimum atomic E-state index is 0.0525. The van der Waals surface area contributed by atoms with Crippen molar-refractivity contribution in [3.05, 3.63) is 51.4 Å². The molecule has 2 aromatic rings. The first-order valence-electron chi connectivity index (χ1n) is 8.86. The van der Waals surface area contributed by atoms with Gasteiger partial charge in [-0.25, -0.2) is 9.97 Å². The van der Waals surface area contributed by atoms with Gasteiger partial charge in [0.05, 0.1) is 25.5 Å². The number of carbonyl (C=O) groups is 1. The molecule has 26 heavy (non-hydrogen) atoms. The molecular weight excluding hydrogens is 396 g/mol. The van der Waals surface area contributed by atoms with Gasteiger partial charge in [-0.3, -0.25) is 4.79 Å². The molecule has 0 radical (unpaired) electrons. The fourth-order valence-electron chi connectivity index (χ4n) is 3.50. The number of morpholine rings is 1. The van der Waals surface area contributed by atoms with E-state index >= 15 is 0 Å². The van der Waals surface area contributed by atoms with Gasteiger partial charge in [-0.05, 0) is 31.2 Å². The van der Waals surface area contributed by atoms with Gasteiger partial charge in [-0.2, -0.15) is 0 Å². The maximum absolute atomic E-state index is 12.9. The number of amides is 1. The summed E-state index contributed by atoms with van der Waals surface area (Å²) in [7, 11) is 0. The van der Waals surface area contributed by atoms with E-state index in [0.717, 1.165) is 46.9 Å².